The predicted octanol–water partition coefficient (Wildman–Crippen LogP) is 25.7. The smallest absolute Gasteiger partial charge is 0.306 e. The van der Waals surface area contributed by atoms with Gasteiger partial charge in [0.2, 0.25) is 0 Å². The Bertz CT molecular complexity index is 1430. The number of hydrogen-bond acceptors (Lipinski definition) is 6. The molecule has 0 rings (SSSR count). The average Bonchev–Trinajstić information content (AvgIpc) is 3.50. The van der Waals surface area contributed by atoms with Gasteiger partial charge in [-0.1, -0.05) is 358 Å². The molecule has 6 heteroatoms. The summed E-state index contributed by atoms with van der Waals surface area (Å²) in [7, 11) is 0. The highest BCUT2D eigenvalue weighted by Gasteiger charge is 2.20. The standard InChI is InChI=1S/C77H142O6/c1-4-7-10-13-16-19-22-25-28-31-33-35-36-37-38-39-40-42-43-46-49-52-55-58-61-64-67-70-76(79)82-73-74(72-81-75(78)69-66-63-60-57-54-51-48-45-30-27-24-21-18-15-12-9-6-3)83-77(80)71-68-65-62-59-56-53-50-47-44-41-34-32-29-26-23-20-17-14-11-8-5-2/h9,12,18,21,27,30-31,33,74H,4-8,10-11,13-17,19-20,22-26,28-29,32,34-73H2,1-3H3/b12-9-,21-18-,30-27-,33-31-. The highest BCUT2D eigenvalue weighted by atomic mass is 16.6. The summed E-state index contributed by atoms with van der Waals surface area (Å²) in [6.07, 6.45) is 91.5. The van der Waals surface area contributed by atoms with Crippen LogP contribution in [0.15, 0.2) is 48.6 Å². The van der Waals surface area contributed by atoms with Gasteiger partial charge in [-0.25, -0.2) is 0 Å². The minimum Gasteiger partial charge on any atom is -0.462 e. The van der Waals surface area contributed by atoms with E-state index < -0.39 is 6.10 Å². The lowest BCUT2D eigenvalue weighted by Crippen LogP contribution is -2.30. The van der Waals surface area contributed by atoms with Crippen LogP contribution in [0.4, 0.5) is 0 Å². The van der Waals surface area contributed by atoms with E-state index in [1.165, 1.54) is 283 Å². The molecule has 0 spiro atoms. The summed E-state index contributed by atoms with van der Waals surface area (Å²) in [4.78, 5) is 38.5. The van der Waals surface area contributed by atoms with E-state index in [-0.39, 0.29) is 31.1 Å². The minimum absolute atomic E-state index is 0.0712. The Balaban J connectivity index is 4.27. The quantitative estimate of drug-likeness (QED) is 0.0261. The number of carbonyl (C=O) groups is 3. The number of rotatable bonds is 69. The minimum atomic E-state index is -0.777. The largest absolute Gasteiger partial charge is 0.462 e. The van der Waals surface area contributed by atoms with Crippen LogP contribution in [0.25, 0.3) is 0 Å². The Hall–Kier alpha value is -2.63. The van der Waals surface area contributed by atoms with Gasteiger partial charge in [0.15, 0.2) is 6.10 Å². The summed E-state index contributed by atoms with van der Waals surface area (Å²) in [6.45, 7) is 6.60. The lowest BCUT2D eigenvalue weighted by atomic mass is 10.0. The lowest BCUT2D eigenvalue weighted by molar-refractivity contribution is -0.167. The first kappa shape index (κ1) is 80.4. The van der Waals surface area contributed by atoms with Crippen LogP contribution in [0.3, 0.4) is 0 Å². The van der Waals surface area contributed by atoms with Crippen LogP contribution in [-0.4, -0.2) is 37.2 Å². The normalized spacial score (nSPS) is 12.3. The zero-order valence-electron chi connectivity index (χ0n) is 56.0. The fourth-order valence-electron chi connectivity index (χ4n) is 11.3. The number of unbranched alkanes of at least 4 members (excludes halogenated alkanes) is 50. The molecule has 0 aromatic rings. The van der Waals surface area contributed by atoms with E-state index in [1.807, 2.05) is 0 Å². The Labute approximate surface area is 518 Å². The van der Waals surface area contributed by atoms with Crippen LogP contribution in [0.5, 0.6) is 0 Å². The van der Waals surface area contributed by atoms with E-state index in [0.717, 1.165) is 83.5 Å². The number of allylic oxidation sites excluding steroid dienone is 8. The summed E-state index contributed by atoms with van der Waals surface area (Å²) in [5, 5.41) is 0. The topological polar surface area (TPSA) is 78.9 Å². The van der Waals surface area contributed by atoms with Crippen LogP contribution >= 0.6 is 0 Å². The van der Waals surface area contributed by atoms with Crippen molar-refractivity contribution in [2.24, 2.45) is 0 Å². The molecule has 0 N–H and O–H groups in total. The van der Waals surface area contributed by atoms with Gasteiger partial charge >= 0.3 is 17.9 Å². The molecule has 0 aliphatic rings. The Morgan fingerprint density at radius 3 is 0.747 bits per heavy atom. The maximum Gasteiger partial charge on any atom is 0.306 e. The van der Waals surface area contributed by atoms with Crippen molar-refractivity contribution in [3.05, 3.63) is 48.6 Å². The molecule has 0 aliphatic carbocycles. The third-order valence-corrected chi connectivity index (χ3v) is 16.8. The van der Waals surface area contributed by atoms with E-state index in [2.05, 4.69) is 69.4 Å². The molecular formula is C77H142O6. The lowest BCUT2D eigenvalue weighted by Gasteiger charge is -2.18. The first-order valence-corrected chi connectivity index (χ1v) is 37.1. The summed E-state index contributed by atoms with van der Waals surface area (Å²) < 4.78 is 17.0. The average molecular weight is 1160 g/mol. The van der Waals surface area contributed by atoms with E-state index in [1.54, 1.807) is 0 Å². The summed E-state index contributed by atoms with van der Waals surface area (Å²) >= 11 is 0. The van der Waals surface area contributed by atoms with E-state index in [0.29, 0.717) is 19.3 Å². The van der Waals surface area contributed by atoms with E-state index in [4.69, 9.17) is 14.2 Å². The molecule has 0 aliphatic heterocycles. The first-order valence-electron chi connectivity index (χ1n) is 37.1. The third-order valence-electron chi connectivity index (χ3n) is 16.8. The van der Waals surface area contributed by atoms with Gasteiger partial charge in [-0.3, -0.25) is 14.4 Å². The molecule has 83 heavy (non-hydrogen) atoms. The van der Waals surface area contributed by atoms with Gasteiger partial charge in [0.1, 0.15) is 13.2 Å². The van der Waals surface area contributed by atoms with Crippen LogP contribution in [0.1, 0.15) is 406 Å². The third kappa shape index (κ3) is 70.0. The fourth-order valence-corrected chi connectivity index (χ4v) is 11.3. The zero-order chi connectivity index (χ0) is 59.9. The molecule has 486 valence electrons. The predicted molar refractivity (Wildman–Crippen MR) is 362 cm³/mol. The van der Waals surface area contributed by atoms with Crippen LogP contribution in [0.2, 0.25) is 0 Å². The Morgan fingerprint density at radius 2 is 0.470 bits per heavy atom. The van der Waals surface area contributed by atoms with Crippen molar-refractivity contribution in [1.29, 1.82) is 0 Å². The molecule has 6 nitrogen and oxygen atoms in total. The molecule has 0 amide bonds. The van der Waals surface area contributed by atoms with Crippen LogP contribution in [0, 0.1) is 0 Å². The van der Waals surface area contributed by atoms with Gasteiger partial charge in [-0.15, -0.1) is 0 Å². The molecule has 0 radical (unpaired) electrons. The Kier molecular flexibility index (Phi) is 69.6. The van der Waals surface area contributed by atoms with Crippen LogP contribution in [-0.2, 0) is 28.6 Å². The second-order valence-electron chi connectivity index (χ2n) is 25.2. The Morgan fingerprint density at radius 1 is 0.253 bits per heavy atom. The molecule has 1 unspecified atom stereocenters. The van der Waals surface area contributed by atoms with Gasteiger partial charge in [-0.2, -0.15) is 0 Å². The van der Waals surface area contributed by atoms with Crippen LogP contribution < -0.4 is 0 Å². The van der Waals surface area contributed by atoms with Gasteiger partial charge in [-0.05, 0) is 77.0 Å². The summed E-state index contributed by atoms with van der Waals surface area (Å²) in [5.74, 6) is -0.850. The van der Waals surface area contributed by atoms with E-state index in [9.17, 15) is 14.4 Å². The van der Waals surface area contributed by atoms with Crippen molar-refractivity contribution < 1.29 is 28.6 Å². The van der Waals surface area contributed by atoms with Crippen molar-refractivity contribution in [2.45, 2.75) is 412 Å². The zero-order valence-corrected chi connectivity index (χ0v) is 56.0. The van der Waals surface area contributed by atoms with Crippen molar-refractivity contribution in [2.75, 3.05) is 13.2 Å². The molecule has 0 heterocycles. The summed E-state index contributed by atoms with van der Waals surface area (Å²) in [5.41, 5.74) is 0. The van der Waals surface area contributed by atoms with Crippen molar-refractivity contribution in [1.82, 2.24) is 0 Å². The van der Waals surface area contributed by atoms with E-state index >= 15 is 0 Å². The van der Waals surface area contributed by atoms with Gasteiger partial charge in [0.25, 0.3) is 0 Å². The summed E-state index contributed by atoms with van der Waals surface area (Å²) in [6, 6.07) is 0. The van der Waals surface area contributed by atoms with Crippen molar-refractivity contribution in [3.8, 4) is 0 Å². The van der Waals surface area contributed by atoms with Gasteiger partial charge in [0.05, 0.1) is 0 Å². The molecule has 0 aromatic carbocycles. The molecule has 1 atom stereocenters. The molecule has 0 bridgehead atoms. The van der Waals surface area contributed by atoms with Crippen molar-refractivity contribution in [3.63, 3.8) is 0 Å². The second kappa shape index (κ2) is 71.8. The van der Waals surface area contributed by atoms with Gasteiger partial charge < -0.3 is 14.2 Å². The number of hydrogen-bond donors (Lipinski definition) is 0. The highest BCUT2D eigenvalue weighted by molar-refractivity contribution is 5.71. The van der Waals surface area contributed by atoms with Gasteiger partial charge in [0, 0.05) is 19.3 Å². The molecule has 0 fully saturated rings. The number of carbonyl (C=O) groups excluding carboxylic acids is 3. The maximum absolute atomic E-state index is 13.0. The van der Waals surface area contributed by atoms with Crippen molar-refractivity contribution >= 4 is 17.9 Å². The number of ether oxygens (including phenoxy) is 3. The second-order valence-corrected chi connectivity index (χ2v) is 25.2. The monoisotopic (exact) mass is 1160 g/mol. The first-order chi connectivity index (χ1) is 41.0. The molecule has 0 saturated carbocycles. The molecule has 0 saturated heterocycles. The number of esters is 3. The highest BCUT2D eigenvalue weighted by Crippen LogP contribution is 2.19. The SMILES string of the molecule is CC/C=C\C/C=C\C/C=C\CCCCCCCCCC(=O)OCC(COC(=O)CCCCCCCCCCCCCCCCC/C=C\CCCCCCCCCC)OC(=O)CCCCCCCCCCCCCCCCCCCCCCC. The molecule has 0 aromatic heterocycles. The fraction of sp³-hybridized carbons (Fsp3) is 0.857. The maximum atomic E-state index is 13.0. The molecular weight excluding hydrogens is 1020 g/mol.